The number of hydrogen-bond donors (Lipinski definition) is 1. The Balaban J connectivity index is 1.94. The van der Waals surface area contributed by atoms with E-state index in [1.807, 2.05) is 0 Å². The predicted molar refractivity (Wildman–Crippen MR) is 98.3 cm³/mol. The molecule has 0 saturated heterocycles. The summed E-state index contributed by atoms with van der Waals surface area (Å²) in [7, 11) is 1.42. The summed E-state index contributed by atoms with van der Waals surface area (Å²) in [4.78, 5) is 46.5. The summed E-state index contributed by atoms with van der Waals surface area (Å²) in [6.07, 6.45) is 0. The number of nitro groups is 1. The van der Waals surface area contributed by atoms with E-state index in [1.165, 1.54) is 32.2 Å². The lowest BCUT2D eigenvalue weighted by Crippen LogP contribution is -2.40. The standard InChI is InChI=1S/C19H18N2O7/c1-12(20-18(23)13-6-5-7-14(10-13)21(25)26)19(24)28-11-16(22)15-8-3-4-9-17(15)27-2/h3-10,12H,11H2,1-2H3,(H,20,23)/t12-/m0/s1. The number of ketones is 1. The SMILES string of the molecule is COc1ccccc1C(=O)COC(=O)[C@H](C)NC(=O)c1cccc([N+](=O)[O-])c1. The molecule has 2 aromatic carbocycles. The fourth-order valence-corrected chi connectivity index (χ4v) is 2.31. The molecule has 0 aliphatic heterocycles. The number of nitrogens with one attached hydrogen (secondary N) is 1. The molecule has 0 heterocycles. The van der Waals surface area contributed by atoms with Gasteiger partial charge in [-0.1, -0.05) is 18.2 Å². The van der Waals surface area contributed by atoms with Crippen molar-refractivity contribution in [3.05, 3.63) is 69.8 Å². The van der Waals surface area contributed by atoms with Gasteiger partial charge >= 0.3 is 5.97 Å². The second-order valence-corrected chi connectivity index (χ2v) is 5.73. The smallest absolute Gasteiger partial charge is 0.328 e. The van der Waals surface area contributed by atoms with E-state index in [0.29, 0.717) is 5.75 Å². The fraction of sp³-hybridized carbons (Fsp3) is 0.211. The number of carbonyl (C=O) groups excluding carboxylic acids is 3. The van der Waals surface area contributed by atoms with Gasteiger partial charge in [0.2, 0.25) is 5.78 Å². The number of amides is 1. The molecule has 0 fully saturated rings. The van der Waals surface area contributed by atoms with Crippen molar-refractivity contribution in [2.45, 2.75) is 13.0 Å². The number of Topliss-reactive ketones (excluding diaryl/α,β-unsaturated/α-hetero) is 1. The highest BCUT2D eigenvalue weighted by molar-refractivity contribution is 6.01. The minimum absolute atomic E-state index is 0.0268. The van der Waals surface area contributed by atoms with Gasteiger partial charge in [-0.05, 0) is 25.1 Å². The van der Waals surface area contributed by atoms with E-state index in [2.05, 4.69) is 5.32 Å². The third-order valence-electron chi connectivity index (χ3n) is 3.77. The van der Waals surface area contributed by atoms with Crippen molar-refractivity contribution in [3.8, 4) is 5.75 Å². The van der Waals surface area contributed by atoms with Crippen molar-refractivity contribution in [2.75, 3.05) is 13.7 Å². The van der Waals surface area contributed by atoms with Gasteiger partial charge in [0.05, 0.1) is 17.6 Å². The van der Waals surface area contributed by atoms with Crippen LogP contribution in [0, 0.1) is 10.1 Å². The molecule has 2 aromatic rings. The maximum absolute atomic E-state index is 12.2. The Morgan fingerprint density at radius 2 is 1.86 bits per heavy atom. The van der Waals surface area contributed by atoms with Crippen LogP contribution in [0.1, 0.15) is 27.6 Å². The van der Waals surface area contributed by atoms with E-state index < -0.39 is 35.2 Å². The number of carbonyl (C=O) groups is 3. The van der Waals surface area contributed by atoms with E-state index in [0.717, 1.165) is 6.07 Å². The van der Waals surface area contributed by atoms with Crippen LogP contribution in [0.4, 0.5) is 5.69 Å². The summed E-state index contributed by atoms with van der Waals surface area (Å²) in [5, 5.41) is 13.2. The van der Waals surface area contributed by atoms with E-state index >= 15 is 0 Å². The van der Waals surface area contributed by atoms with Gasteiger partial charge in [0.1, 0.15) is 11.8 Å². The van der Waals surface area contributed by atoms with Gasteiger partial charge in [0.25, 0.3) is 11.6 Å². The number of rotatable bonds is 8. The Bertz CT molecular complexity index is 911. The van der Waals surface area contributed by atoms with Crippen molar-refractivity contribution < 1.29 is 28.8 Å². The van der Waals surface area contributed by atoms with Crippen LogP contribution in [0.3, 0.4) is 0 Å². The molecule has 1 atom stereocenters. The Morgan fingerprint density at radius 1 is 1.14 bits per heavy atom. The molecule has 0 aromatic heterocycles. The van der Waals surface area contributed by atoms with Crippen LogP contribution in [-0.4, -0.2) is 42.3 Å². The van der Waals surface area contributed by atoms with E-state index in [4.69, 9.17) is 9.47 Å². The highest BCUT2D eigenvalue weighted by atomic mass is 16.6. The molecule has 1 N–H and O–H groups in total. The number of nitro benzene ring substituents is 1. The van der Waals surface area contributed by atoms with Crippen LogP contribution in [0.25, 0.3) is 0 Å². The zero-order valence-corrected chi connectivity index (χ0v) is 15.2. The quantitative estimate of drug-likeness (QED) is 0.319. The monoisotopic (exact) mass is 386 g/mol. The van der Waals surface area contributed by atoms with Crippen molar-refractivity contribution in [1.82, 2.24) is 5.32 Å². The van der Waals surface area contributed by atoms with Gasteiger partial charge in [-0.2, -0.15) is 0 Å². The molecular weight excluding hydrogens is 368 g/mol. The fourth-order valence-electron chi connectivity index (χ4n) is 2.31. The average molecular weight is 386 g/mol. The lowest BCUT2D eigenvalue weighted by atomic mass is 10.1. The maximum atomic E-state index is 12.2. The highest BCUT2D eigenvalue weighted by Crippen LogP contribution is 2.18. The van der Waals surface area contributed by atoms with Crippen LogP contribution >= 0.6 is 0 Å². The van der Waals surface area contributed by atoms with E-state index in [1.54, 1.807) is 24.3 Å². The van der Waals surface area contributed by atoms with Crippen molar-refractivity contribution >= 4 is 23.3 Å². The summed E-state index contributed by atoms with van der Waals surface area (Å²) in [6, 6.07) is 10.5. The number of hydrogen-bond acceptors (Lipinski definition) is 7. The number of benzene rings is 2. The van der Waals surface area contributed by atoms with Gasteiger partial charge in [0, 0.05) is 17.7 Å². The van der Waals surface area contributed by atoms with Crippen LogP contribution in [0.2, 0.25) is 0 Å². The molecule has 9 heteroatoms. The normalized spacial score (nSPS) is 11.2. The minimum Gasteiger partial charge on any atom is -0.496 e. The molecule has 28 heavy (non-hydrogen) atoms. The van der Waals surface area contributed by atoms with E-state index in [-0.39, 0.29) is 16.8 Å². The molecule has 0 bridgehead atoms. The second-order valence-electron chi connectivity index (χ2n) is 5.73. The van der Waals surface area contributed by atoms with Crippen molar-refractivity contribution in [3.63, 3.8) is 0 Å². The summed E-state index contributed by atoms with van der Waals surface area (Å²) in [5.74, 6) is -1.59. The molecule has 0 unspecified atom stereocenters. The number of methoxy groups -OCH3 is 1. The third-order valence-corrected chi connectivity index (χ3v) is 3.77. The highest BCUT2D eigenvalue weighted by Gasteiger charge is 2.21. The topological polar surface area (TPSA) is 125 Å². The predicted octanol–water partition coefficient (Wildman–Crippen LogP) is 2.15. The molecular formula is C19H18N2O7. The largest absolute Gasteiger partial charge is 0.496 e. The van der Waals surface area contributed by atoms with Crippen molar-refractivity contribution in [1.29, 1.82) is 0 Å². The lowest BCUT2D eigenvalue weighted by Gasteiger charge is -2.13. The van der Waals surface area contributed by atoms with Gasteiger partial charge in [-0.25, -0.2) is 4.79 Å². The number of nitrogens with zero attached hydrogens (tertiary/aromatic N) is 1. The first-order chi connectivity index (χ1) is 13.3. The van der Waals surface area contributed by atoms with Gasteiger partial charge in [-0.3, -0.25) is 19.7 Å². The molecule has 146 valence electrons. The number of para-hydroxylation sites is 1. The summed E-state index contributed by atoms with van der Waals surface area (Å²) >= 11 is 0. The molecule has 2 rings (SSSR count). The molecule has 1 amide bonds. The molecule has 0 aliphatic rings. The summed E-state index contributed by atoms with van der Waals surface area (Å²) in [6.45, 7) is 0.862. The average Bonchev–Trinajstić information content (AvgIpc) is 2.71. The zero-order valence-electron chi connectivity index (χ0n) is 15.2. The Kier molecular flexibility index (Phi) is 6.80. The lowest BCUT2D eigenvalue weighted by molar-refractivity contribution is -0.384. The Labute approximate surface area is 160 Å². The molecule has 0 saturated carbocycles. The van der Waals surface area contributed by atoms with Crippen molar-refractivity contribution in [2.24, 2.45) is 0 Å². The van der Waals surface area contributed by atoms with Crippen LogP contribution < -0.4 is 10.1 Å². The third kappa shape index (κ3) is 5.13. The summed E-state index contributed by atoms with van der Waals surface area (Å²) in [5.41, 5.74) is 0.0512. The number of esters is 1. The Morgan fingerprint density at radius 3 is 2.54 bits per heavy atom. The van der Waals surface area contributed by atoms with Gasteiger partial charge < -0.3 is 14.8 Å². The Hall–Kier alpha value is -3.75. The molecule has 9 nitrogen and oxygen atoms in total. The molecule has 0 radical (unpaired) electrons. The first kappa shape index (κ1) is 20.6. The van der Waals surface area contributed by atoms with Gasteiger partial charge in [0.15, 0.2) is 6.61 Å². The maximum Gasteiger partial charge on any atom is 0.328 e. The van der Waals surface area contributed by atoms with Crippen LogP contribution in [0.15, 0.2) is 48.5 Å². The first-order valence-electron chi connectivity index (χ1n) is 8.21. The van der Waals surface area contributed by atoms with Crippen LogP contribution in [-0.2, 0) is 9.53 Å². The molecule has 0 aliphatic carbocycles. The van der Waals surface area contributed by atoms with Crippen LogP contribution in [0.5, 0.6) is 5.75 Å². The zero-order chi connectivity index (χ0) is 20.7. The second kappa shape index (κ2) is 9.26. The number of ether oxygens (including phenoxy) is 2. The van der Waals surface area contributed by atoms with E-state index in [9.17, 15) is 24.5 Å². The summed E-state index contributed by atoms with van der Waals surface area (Å²) < 4.78 is 10.0. The minimum atomic E-state index is -1.06. The molecule has 0 spiro atoms. The number of non-ortho nitro benzene ring substituents is 1. The first-order valence-corrected chi connectivity index (χ1v) is 8.21. The van der Waals surface area contributed by atoms with Gasteiger partial charge in [-0.15, -0.1) is 0 Å².